The van der Waals surface area contributed by atoms with Crippen LogP contribution in [0.5, 0.6) is 0 Å². The molecule has 0 aromatic heterocycles. The standard InChI is InChI=1S/C10H11N3/c1-2-6-12-8-9-4-3-5-10(7-9)13-11/h1,3-4,7,12H,5-6,8H2. The number of allylic oxidation sites excluding steroid dienone is 2. The lowest BCUT2D eigenvalue weighted by molar-refractivity contribution is -0.00544. The second-order valence-electron chi connectivity index (χ2n) is 2.72. The van der Waals surface area contributed by atoms with Gasteiger partial charge in [-0.1, -0.05) is 18.1 Å². The van der Waals surface area contributed by atoms with Gasteiger partial charge < -0.3 is 10.8 Å². The van der Waals surface area contributed by atoms with Crippen molar-refractivity contribution in [2.24, 2.45) is 0 Å². The summed E-state index contributed by atoms with van der Waals surface area (Å²) in [6, 6.07) is 0. The van der Waals surface area contributed by atoms with Crippen molar-refractivity contribution in [3.8, 4) is 12.3 Å². The predicted octanol–water partition coefficient (Wildman–Crippen LogP) is 0.766. The Bertz CT molecular complexity index is 325. The molecule has 0 aromatic rings. The van der Waals surface area contributed by atoms with Gasteiger partial charge in [-0.05, 0) is 5.57 Å². The summed E-state index contributed by atoms with van der Waals surface area (Å²) in [6.07, 6.45) is 11.6. The van der Waals surface area contributed by atoms with Crippen LogP contribution in [0.2, 0.25) is 0 Å². The van der Waals surface area contributed by atoms with E-state index in [4.69, 9.17) is 12.0 Å². The lowest BCUT2D eigenvalue weighted by Crippen LogP contribution is -2.18. The van der Waals surface area contributed by atoms with E-state index in [1.165, 1.54) is 0 Å². The Labute approximate surface area is 77.8 Å². The molecule has 1 N–H and O–H groups in total. The third-order valence-electron chi connectivity index (χ3n) is 1.70. The van der Waals surface area contributed by atoms with Crippen molar-refractivity contribution < 1.29 is 4.79 Å². The van der Waals surface area contributed by atoms with Gasteiger partial charge in [0.05, 0.1) is 13.0 Å². The van der Waals surface area contributed by atoms with Crippen LogP contribution in [0.15, 0.2) is 23.8 Å². The quantitative estimate of drug-likeness (QED) is 0.291. The van der Waals surface area contributed by atoms with Gasteiger partial charge >= 0.3 is 0 Å². The third kappa shape index (κ3) is 3.08. The van der Waals surface area contributed by atoms with Crippen LogP contribution in [0.1, 0.15) is 6.42 Å². The maximum absolute atomic E-state index is 8.54. The molecule has 0 atom stereocenters. The summed E-state index contributed by atoms with van der Waals surface area (Å²) in [5.74, 6) is 2.49. The van der Waals surface area contributed by atoms with Gasteiger partial charge in [0.25, 0.3) is 5.71 Å². The van der Waals surface area contributed by atoms with Crippen molar-refractivity contribution in [3.63, 3.8) is 0 Å². The molecule has 0 bridgehead atoms. The Morgan fingerprint density at radius 2 is 2.54 bits per heavy atom. The van der Waals surface area contributed by atoms with E-state index in [0.29, 0.717) is 25.2 Å². The third-order valence-corrected chi connectivity index (χ3v) is 1.70. The highest BCUT2D eigenvalue weighted by atomic mass is 14.9. The fourth-order valence-corrected chi connectivity index (χ4v) is 1.11. The summed E-state index contributed by atoms with van der Waals surface area (Å²) < 4.78 is 0. The molecule has 0 saturated carbocycles. The van der Waals surface area contributed by atoms with Crippen molar-refractivity contribution in [3.05, 3.63) is 29.3 Å². The summed E-state index contributed by atoms with van der Waals surface area (Å²) in [7, 11) is 0. The maximum atomic E-state index is 8.54. The van der Waals surface area contributed by atoms with Gasteiger partial charge in [-0.15, -0.1) is 6.42 Å². The Kier molecular flexibility index (Phi) is 3.72. The van der Waals surface area contributed by atoms with E-state index in [1.54, 1.807) is 0 Å². The molecule has 66 valence electrons. The highest BCUT2D eigenvalue weighted by Gasteiger charge is 2.07. The molecule has 0 aromatic carbocycles. The van der Waals surface area contributed by atoms with E-state index in [2.05, 4.69) is 16.0 Å². The smallest absolute Gasteiger partial charge is 0.296 e. The molecule has 0 heterocycles. The monoisotopic (exact) mass is 173 g/mol. The average Bonchev–Trinajstić information content (AvgIpc) is 2.19. The van der Waals surface area contributed by atoms with Gasteiger partial charge in [-0.25, -0.2) is 0 Å². The number of nitrogens with zero attached hydrogens (tertiary/aromatic N) is 2. The van der Waals surface area contributed by atoms with Crippen LogP contribution in [-0.2, 0) is 0 Å². The zero-order chi connectivity index (χ0) is 9.52. The van der Waals surface area contributed by atoms with E-state index in [1.807, 2.05) is 18.2 Å². The molecule has 13 heavy (non-hydrogen) atoms. The van der Waals surface area contributed by atoms with Crippen molar-refractivity contribution in [1.29, 1.82) is 0 Å². The summed E-state index contributed by atoms with van der Waals surface area (Å²) in [5, 5.41) is 3.06. The molecule has 0 fully saturated rings. The van der Waals surface area contributed by atoms with E-state index < -0.39 is 0 Å². The molecule has 0 radical (unpaired) electrons. The van der Waals surface area contributed by atoms with E-state index in [0.717, 1.165) is 5.57 Å². The molecular formula is C10H11N3. The second kappa shape index (κ2) is 5.10. The number of nitrogens with one attached hydrogen (secondary N) is 1. The van der Waals surface area contributed by atoms with Crippen molar-refractivity contribution in [2.45, 2.75) is 6.42 Å². The van der Waals surface area contributed by atoms with Gasteiger partial charge in [0.1, 0.15) is 0 Å². The van der Waals surface area contributed by atoms with Gasteiger partial charge in [0.2, 0.25) is 0 Å². The van der Waals surface area contributed by atoms with Crippen LogP contribution in [-0.4, -0.2) is 23.6 Å². The number of hydrogen-bond acceptors (Lipinski definition) is 1. The zero-order valence-corrected chi connectivity index (χ0v) is 7.33. The van der Waals surface area contributed by atoms with E-state index >= 15 is 0 Å². The second-order valence-corrected chi connectivity index (χ2v) is 2.72. The molecular weight excluding hydrogens is 162 g/mol. The van der Waals surface area contributed by atoms with Gasteiger partial charge in [-0.2, -0.15) is 4.79 Å². The summed E-state index contributed by atoms with van der Waals surface area (Å²) in [5.41, 5.74) is 10.3. The molecule has 1 aliphatic carbocycles. The molecule has 0 spiro atoms. The van der Waals surface area contributed by atoms with E-state index in [-0.39, 0.29) is 0 Å². The lowest BCUT2D eigenvalue weighted by atomic mass is 10.1. The molecule has 1 rings (SSSR count). The van der Waals surface area contributed by atoms with Gasteiger partial charge in [0, 0.05) is 12.6 Å². The minimum Gasteiger partial charge on any atom is -0.361 e. The zero-order valence-electron chi connectivity index (χ0n) is 7.33. The normalized spacial score (nSPS) is 14.7. The molecule has 3 heteroatoms. The molecule has 0 aliphatic heterocycles. The topological polar surface area (TPSA) is 48.4 Å². The molecule has 1 aliphatic rings. The fraction of sp³-hybridized carbons (Fsp3) is 0.300. The molecule has 3 nitrogen and oxygen atoms in total. The van der Waals surface area contributed by atoms with Crippen LogP contribution in [0.25, 0.3) is 5.53 Å². The fourth-order valence-electron chi connectivity index (χ4n) is 1.11. The SMILES string of the molecule is C#CCNCC1=CC(=[N+]=[N-])CC=C1. The predicted molar refractivity (Wildman–Crippen MR) is 52.2 cm³/mol. The Morgan fingerprint density at radius 3 is 3.23 bits per heavy atom. The van der Waals surface area contributed by atoms with Crippen molar-refractivity contribution >= 4 is 5.71 Å². The van der Waals surface area contributed by atoms with Gasteiger partial charge in [0.15, 0.2) is 0 Å². The van der Waals surface area contributed by atoms with Crippen LogP contribution >= 0.6 is 0 Å². The Morgan fingerprint density at radius 1 is 1.69 bits per heavy atom. The minimum absolute atomic E-state index is 0.552. The van der Waals surface area contributed by atoms with Crippen molar-refractivity contribution in [2.75, 3.05) is 13.1 Å². The molecule has 0 saturated heterocycles. The first kappa shape index (κ1) is 9.47. The molecule has 0 amide bonds. The van der Waals surface area contributed by atoms with Crippen LogP contribution in [0.4, 0.5) is 0 Å². The van der Waals surface area contributed by atoms with E-state index in [9.17, 15) is 0 Å². The lowest BCUT2D eigenvalue weighted by Gasteiger charge is -2.03. The first-order valence-electron chi connectivity index (χ1n) is 4.09. The minimum atomic E-state index is 0.552. The first-order valence-corrected chi connectivity index (χ1v) is 4.09. The molecule has 0 unspecified atom stereocenters. The first-order chi connectivity index (χ1) is 6.36. The highest BCUT2D eigenvalue weighted by Crippen LogP contribution is 2.05. The summed E-state index contributed by atoms with van der Waals surface area (Å²) >= 11 is 0. The summed E-state index contributed by atoms with van der Waals surface area (Å²) in [6.45, 7) is 1.26. The average molecular weight is 173 g/mol. The maximum Gasteiger partial charge on any atom is 0.296 e. The number of terminal acetylenes is 1. The number of rotatable bonds is 3. The van der Waals surface area contributed by atoms with Crippen LogP contribution < -0.4 is 5.32 Å². The summed E-state index contributed by atoms with van der Waals surface area (Å²) in [4.78, 5) is 3.15. The largest absolute Gasteiger partial charge is 0.361 e. The Balaban J connectivity index is 2.50. The van der Waals surface area contributed by atoms with Crippen molar-refractivity contribution in [1.82, 2.24) is 5.32 Å². The number of hydrogen-bond donors (Lipinski definition) is 1. The van der Waals surface area contributed by atoms with Gasteiger partial charge in [-0.3, -0.25) is 0 Å². The Hall–Kier alpha value is -1.62. The van der Waals surface area contributed by atoms with Crippen LogP contribution in [0.3, 0.4) is 0 Å². The highest BCUT2D eigenvalue weighted by molar-refractivity contribution is 5.93. The van der Waals surface area contributed by atoms with Crippen LogP contribution in [0, 0.1) is 12.3 Å².